The van der Waals surface area contributed by atoms with Gasteiger partial charge in [-0.2, -0.15) is 9.57 Å². The van der Waals surface area contributed by atoms with Crippen molar-refractivity contribution >= 4 is 10.0 Å². The predicted molar refractivity (Wildman–Crippen MR) is 78.6 cm³/mol. The highest BCUT2D eigenvalue weighted by Gasteiger charge is 2.20. The molecule has 1 aromatic carbocycles. The largest absolute Gasteiger partial charge is 0.265 e. The molecule has 0 fully saturated rings. The number of hydrogen-bond donors (Lipinski definition) is 0. The molecule has 0 spiro atoms. The average Bonchev–Trinajstić information content (AvgIpc) is 2.49. The molecule has 5 nitrogen and oxygen atoms in total. The lowest BCUT2D eigenvalue weighted by molar-refractivity contribution is 0.466. The summed E-state index contributed by atoms with van der Waals surface area (Å²) in [6, 6.07) is 12.0. The maximum absolute atomic E-state index is 12.5. The zero-order valence-corrected chi connectivity index (χ0v) is 12.4. The molecule has 0 aliphatic rings. The average molecular weight is 301 g/mol. The van der Waals surface area contributed by atoms with E-state index in [1.54, 1.807) is 43.7 Å². The maximum atomic E-state index is 12.5. The van der Waals surface area contributed by atoms with Crippen LogP contribution in [0.25, 0.3) is 0 Å². The lowest BCUT2D eigenvalue weighted by Gasteiger charge is -2.17. The Morgan fingerprint density at radius 1 is 1.10 bits per heavy atom. The fourth-order valence-corrected chi connectivity index (χ4v) is 3.04. The van der Waals surface area contributed by atoms with Gasteiger partial charge in [0.25, 0.3) is 0 Å². The van der Waals surface area contributed by atoms with Crippen LogP contribution in [0.3, 0.4) is 0 Å². The van der Waals surface area contributed by atoms with Crippen molar-refractivity contribution in [1.29, 1.82) is 5.26 Å². The van der Waals surface area contributed by atoms with Crippen molar-refractivity contribution in [3.05, 3.63) is 59.9 Å². The molecule has 0 N–H and O–H groups in total. The predicted octanol–water partition coefficient (Wildman–Crippen LogP) is 1.97. The number of nitrogens with zero attached hydrogens (tertiary/aromatic N) is 3. The molecule has 0 aliphatic carbocycles. The molecule has 0 atom stereocenters. The number of hydrogen-bond acceptors (Lipinski definition) is 4. The quantitative estimate of drug-likeness (QED) is 0.846. The van der Waals surface area contributed by atoms with Crippen LogP contribution in [-0.4, -0.2) is 24.8 Å². The molecule has 0 unspecified atom stereocenters. The Balaban J connectivity index is 2.19. The summed E-state index contributed by atoms with van der Waals surface area (Å²) in [4.78, 5) is 4.13. The minimum absolute atomic E-state index is 0.223. The molecule has 2 rings (SSSR count). The summed E-state index contributed by atoms with van der Waals surface area (Å²) in [6.45, 7) is 0.283. The minimum Gasteiger partial charge on any atom is -0.265 e. The highest BCUT2D eigenvalue weighted by molar-refractivity contribution is 7.89. The summed E-state index contributed by atoms with van der Waals surface area (Å²) in [5.74, 6) is 0. The van der Waals surface area contributed by atoms with Gasteiger partial charge in [0.2, 0.25) is 10.0 Å². The number of rotatable bonds is 5. The van der Waals surface area contributed by atoms with Gasteiger partial charge in [-0.3, -0.25) is 4.98 Å². The van der Waals surface area contributed by atoms with E-state index in [2.05, 4.69) is 4.98 Å². The van der Waals surface area contributed by atoms with Gasteiger partial charge in [0, 0.05) is 26.0 Å². The Labute approximate surface area is 124 Å². The number of benzene rings is 1. The molecule has 108 valence electrons. The lowest BCUT2D eigenvalue weighted by atomic mass is 10.2. The van der Waals surface area contributed by atoms with E-state index in [4.69, 9.17) is 5.26 Å². The Morgan fingerprint density at radius 3 is 2.29 bits per heavy atom. The minimum atomic E-state index is -3.54. The van der Waals surface area contributed by atoms with E-state index in [0.29, 0.717) is 0 Å². The van der Waals surface area contributed by atoms with Gasteiger partial charge >= 0.3 is 0 Å². The first kappa shape index (κ1) is 15.2. The molecule has 1 heterocycles. The second-order valence-electron chi connectivity index (χ2n) is 4.60. The van der Waals surface area contributed by atoms with Gasteiger partial charge in [-0.05, 0) is 35.4 Å². The van der Waals surface area contributed by atoms with Crippen LogP contribution in [0.15, 0.2) is 53.7 Å². The first-order chi connectivity index (χ1) is 10.0. The summed E-state index contributed by atoms with van der Waals surface area (Å²) < 4.78 is 26.2. The second-order valence-corrected chi connectivity index (χ2v) is 6.64. The van der Waals surface area contributed by atoms with Gasteiger partial charge in [0.15, 0.2) is 0 Å². The van der Waals surface area contributed by atoms with Crippen LogP contribution in [0.1, 0.15) is 11.1 Å². The van der Waals surface area contributed by atoms with E-state index in [0.717, 1.165) is 11.1 Å². The fraction of sp³-hybridized carbons (Fsp3) is 0.200. The maximum Gasteiger partial charge on any atom is 0.243 e. The van der Waals surface area contributed by atoms with Crippen molar-refractivity contribution < 1.29 is 8.42 Å². The highest BCUT2D eigenvalue weighted by atomic mass is 32.2. The normalized spacial score (nSPS) is 11.3. The van der Waals surface area contributed by atoms with Crippen LogP contribution in [0.4, 0.5) is 0 Å². The SMILES string of the molecule is CN(Cc1ccncc1)S(=O)(=O)c1ccc(CC#N)cc1. The molecular weight excluding hydrogens is 286 g/mol. The van der Waals surface area contributed by atoms with E-state index in [-0.39, 0.29) is 17.9 Å². The number of sulfonamides is 1. The molecule has 1 aromatic heterocycles. The Bertz CT molecular complexity index is 735. The van der Waals surface area contributed by atoms with Crippen molar-refractivity contribution in [3.63, 3.8) is 0 Å². The van der Waals surface area contributed by atoms with Gasteiger partial charge < -0.3 is 0 Å². The standard InChI is InChI=1S/C15H15N3O2S/c1-18(12-14-7-10-17-11-8-14)21(19,20)15-4-2-13(3-5-15)6-9-16/h2-5,7-8,10-11H,6,12H2,1H3. The monoisotopic (exact) mass is 301 g/mol. The lowest BCUT2D eigenvalue weighted by Crippen LogP contribution is -2.26. The van der Waals surface area contributed by atoms with Gasteiger partial charge in [0.05, 0.1) is 17.4 Å². The van der Waals surface area contributed by atoms with Crippen molar-refractivity contribution in [2.45, 2.75) is 17.9 Å². The number of aromatic nitrogens is 1. The molecule has 0 saturated heterocycles. The number of nitriles is 1. The highest BCUT2D eigenvalue weighted by Crippen LogP contribution is 2.17. The van der Waals surface area contributed by atoms with Gasteiger partial charge in [-0.15, -0.1) is 0 Å². The van der Waals surface area contributed by atoms with E-state index in [1.807, 2.05) is 6.07 Å². The van der Waals surface area contributed by atoms with Crippen LogP contribution >= 0.6 is 0 Å². The van der Waals surface area contributed by atoms with Gasteiger partial charge in [0.1, 0.15) is 0 Å². The summed E-state index contributed by atoms with van der Waals surface area (Å²) in [7, 11) is -2.00. The molecule has 0 amide bonds. The zero-order chi connectivity index (χ0) is 15.3. The van der Waals surface area contributed by atoms with E-state index in [9.17, 15) is 8.42 Å². The Hall–Kier alpha value is -2.23. The fourth-order valence-electron chi connectivity index (χ4n) is 1.88. The topological polar surface area (TPSA) is 74.1 Å². The first-order valence-corrected chi connectivity index (χ1v) is 7.79. The molecule has 6 heteroatoms. The van der Waals surface area contributed by atoms with E-state index in [1.165, 1.54) is 16.4 Å². The van der Waals surface area contributed by atoms with Crippen molar-refractivity contribution in [2.75, 3.05) is 7.05 Å². The van der Waals surface area contributed by atoms with Crippen molar-refractivity contribution in [1.82, 2.24) is 9.29 Å². The van der Waals surface area contributed by atoms with Crippen LogP contribution in [0.2, 0.25) is 0 Å². The molecule has 2 aromatic rings. The zero-order valence-electron chi connectivity index (χ0n) is 11.6. The summed E-state index contributed by atoms with van der Waals surface area (Å²) in [6.07, 6.45) is 3.53. The van der Waals surface area contributed by atoms with Crippen LogP contribution in [0, 0.1) is 11.3 Å². The molecule has 0 aliphatic heterocycles. The third-order valence-corrected chi connectivity index (χ3v) is 4.89. The van der Waals surface area contributed by atoms with Crippen molar-refractivity contribution in [2.24, 2.45) is 0 Å². The first-order valence-electron chi connectivity index (χ1n) is 6.35. The van der Waals surface area contributed by atoms with Crippen LogP contribution in [0.5, 0.6) is 0 Å². The number of pyridine rings is 1. The molecule has 0 saturated carbocycles. The molecule has 21 heavy (non-hydrogen) atoms. The summed E-state index contributed by atoms with van der Waals surface area (Å²) in [5, 5.41) is 8.62. The van der Waals surface area contributed by atoms with E-state index >= 15 is 0 Å². The van der Waals surface area contributed by atoms with Gasteiger partial charge in [-0.1, -0.05) is 12.1 Å². The smallest absolute Gasteiger partial charge is 0.243 e. The second kappa shape index (κ2) is 6.48. The summed E-state index contributed by atoms with van der Waals surface area (Å²) >= 11 is 0. The third-order valence-electron chi connectivity index (χ3n) is 3.07. The van der Waals surface area contributed by atoms with Crippen molar-refractivity contribution in [3.8, 4) is 6.07 Å². The van der Waals surface area contributed by atoms with E-state index < -0.39 is 10.0 Å². The Morgan fingerprint density at radius 2 is 1.71 bits per heavy atom. The molecular formula is C15H15N3O2S. The third kappa shape index (κ3) is 3.66. The molecule has 0 bridgehead atoms. The Kier molecular flexibility index (Phi) is 4.68. The van der Waals surface area contributed by atoms with Crippen LogP contribution in [-0.2, 0) is 23.0 Å². The van der Waals surface area contributed by atoms with Gasteiger partial charge in [-0.25, -0.2) is 8.42 Å². The summed E-state index contributed by atoms with van der Waals surface area (Å²) in [5.41, 5.74) is 1.67. The van der Waals surface area contributed by atoms with Crippen LogP contribution < -0.4 is 0 Å². The molecule has 0 radical (unpaired) electrons.